The summed E-state index contributed by atoms with van der Waals surface area (Å²) in [5, 5.41) is 9.91. The number of rotatable bonds is 2. The molecule has 0 aliphatic carbocycles. The number of fused-ring (bicyclic) bond motifs is 1. The number of carbonyl (C=O) groups excluding carboxylic acids is 1. The zero-order valence-electron chi connectivity index (χ0n) is 9.11. The van der Waals surface area contributed by atoms with E-state index in [0.717, 1.165) is 9.86 Å². The van der Waals surface area contributed by atoms with Crippen LogP contribution in [0.2, 0.25) is 0 Å². The fourth-order valence-corrected chi connectivity index (χ4v) is 2.11. The third-order valence-electron chi connectivity index (χ3n) is 2.49. The second-order valence-electron chi connectivity index (χ2n) is 3.70. The molecule has 3 rings (SSSR count). The molecule has 0 unspecified atom stereocenters. The van der Waals surface area contributed by atoms with Crippen LogP contribution in [-0.4, -0.2) is 16.1 Å². The van der Waals surface area contributed by atoms with Gasteiger partial charge in [-0.05, 0) is 18.2 Å². The number of nitrogens with one attached hydrogen (secondary N) is 2. The summed E-state index contributed by atoms with van der Waals surface area (Å²) in [5.74, 6) is -0.0439. The number of aromatic amines is 1. The second-order valence-corrected chi connectivity index (χ2v) is 4.56. The molecule has 90 valence electrons. The Morgan fingerprint density at radius 2 is 2.33 bits per heavy atom. The van der Waals surface area contributed by atoms with Crippen LogP contribution in [0.15, 0.2) is 45.5 Å². The first-order valence-corrected chi connectivity index (χ1v) is 6.01. The molecular formula is C12H8BrN3O2. The van der Waals surface area contributed by atoms with E-state index in [2.05, 4.69) is 31.4 Å². The lowest BCUT2D eigenvalue weighted by molar-refractivity contribution is 0.0998. The lowest BCUT2D eigenvalue weighted by atomic mass is 10.2. The fraction of sp³-hybridized carbons (Fsp3) is 0. The van der Waals surface area contributed by atoms with Crippen molar-refractivity contribution in [2.45, 2.75) is 0 Å². The average molecular weight is 306 g/mol. The number of hydrogen-bond donors (Lipinski definition) is 2. The van der Waals surface area contributed by atoms with E-state index < -0.39 is 0 Å². The minimum absolute atomic E-state index is 0.262. The number of anilines is 1. The highest BCUT2D eigenvalue weighted by molar-refractivity contribution is 9.10. The van der Waals surface area contributed by atoms with Gasteiger partial charge in [-0.1, -0.05) is 22.0 Å². The van der Waals surface area contributed by atoms with Crippen LogP contribution in [0.5, 0.6) is 0 Å². The summed E-state index contributed by atoms with van der Waals surface area (Å²) >= 11 is 3.41. The molecule has 0 aliphatic heterocycles. The molecule has 0 radical (unpaired) electrons. The molecule has 0 bridgehead atoms. The summed E-state index contributed by atoms with van der Waals surface area (Å²) in [5.41, 5.74) is 1.27. The first-order chi connectivity index (χ1) is 8.74. The SMILES string of the molecule is O=C(Nc1cn[nH]c1)c1cc2c(Br)cccc2o1. The zero-order valence-corrected chi connectivity index (χ0v) is 10.7. The maximum Gasteiger partial charge on any atom is 0.291 e. The van der Waals surface area contributed by atoms with Crippen LogP contribution < -0.4 is 5.32 Å². The van der Waals surface area contributed by atoms with Crippen LogP contribution in [0.1, 0.15) is 10.6 Å². The lowest BCUT2D eigenvalue weighted by Crippen LogP contribution is -2.09. The highest BCUT2D eigenvalue weighted by atomic mass is 79.9. The van der Waals surface area contributed by atoms with Gasteiger partial charge in [0.05, 0.1) is 11.9 Å². The average Bonchev–Trinajstić information content (AvgIpc) is 2.97. The number of nitrogens with zero attached hydrogens (tertiary/aromatic N) is 1. The van der Waals surface area contributed by atoms with Crippen molar-refractivity contribution >= 4 is 38.5 Å². The smallest absolute Gasteiger partial charge is 0.291 e. The van der Waals surface area contributed by atoms with Gasteiger partial charge in [0.15, 0.2) is 5.76 Å². The second kappa shape index (κ2) is 4.30. The van der Waals surface area contributed by atoms with Crippen LogP contribution in [0.25, 0.3) is 11.0 Å². The van der Waals surface area contributed by atoms with Crippen molar-refractivity contribution in [1.82, 2.24) is 10.2 Å². The maximum atomic E-state index is 11.9. The summed E-state index contributed by atoms with van der Waals surface area (Å²) in [6, 6.07) is 7.27. The van der Waals surface area contributed by atoms with Crippen LogP contribution in [-0.2, 0) is 0 Å². The molecule has 6 heteroatoms. The summed E-state index contributed by atoms with van der Waals surface area (Å²) in [6.07, 6.45) is 3.12. The van der Waals surface area contributed by atoms with Crippen molar-refractivity contribution in [2.24, 2.45) is 0 Å². The number of amides is 1. The highest BCUT2D eigenvalue weighted by Gasteiger charge is 2.14. The lowest BCUT2D eigenvalue weighted by Gasteiger charge is -1.97. The number of halogens is 1. The fourth-order valence-electron chi connectivity index (χ4n) is 1.65. The van der Waals surface area contributed by atoms with E-state index in [0.29, 0.717) is 11.3 Å². The van der Waals surface area contributed by atoms with Gasteiger partial charge in [-0.25, -0.2) is 0 Å². The van der Waals surface area contributed by atoms with Crippen molar-refractivity contribution in [3.63, 3.8) is 0 Å². The predicted molar refractivity (Wildman–Crippen MR) is 70.5 cm³/mol. The molecule has 0 aliphatic rings. The van der Waals surface area contributed by atoms with Crippen LogP contribution in [0, 0.1) is 0 Å². The Morgan fingerprint density at radius 3 is 3.06 bits per heavy atom. The predicted octanol–water partition coefficient (Wildman–Crippen LogP) is 3.17. The first kappa shape index (κ1) is 11.0. The van der Waals surface area contributed by atoms with Crippen molar-refractivity contribution in [3.8, 4) is 0 Å². The molecule has 2 N–H and O–H groups in total. The van der Waals surface area contributed by atoms with Gasteiger partial charge in [0.25, 0.3) is 5.91 Å². The van der Waals surface area contributed by atoms with E-state index in [9.17, 15) is 4.79 Å². The maximum absolute atomic E-state index is 11.9. The van der Waals surface area contributed by atoms with E-state index in [1.165, 1.54) is 6.20 Å². The molecule has 0 saturated carbocycles. The van der Waals surface area contributed by atoms with Gasteiger partial charge in [-0.3, -0.25) is 9.89 Å². The van der Waals surface area contributed by atoms with E-state index in [1.54, 1.807) is 12.3 Å². The third kappa shape index (κ3) is 1.91. The van der Waals surface area contributed by atoms with Gasteiger partial charge in [-0.2, -0.15) is 5.10 Å². The third-order valence-corrected chi connectivity index (χ3v) is 3.18. The van der Waals surface area contributed by atoms with Crippen molar-refractivity contribution in [2.75, 3.05) is 5.32 Å². The summed E-state index contributed by atoms with van der Waals surface area (Å²) in [6.45, 7) is 0. The Morgan fingerprint density at radius 1 is 1.44 bits per heavy atom. The number of hydrogen-bond acceptors (Lipinski definition) is 3. The molecule has 1 aromatic carbocycles. The van der Waals surface area contributed by atoms with Gasteiger partial charge in [0.1, 0.15) is 5.58 Å². The Hall–Kier alpha value is -2.08. The Bertz CT molecular complexity index is 703. The molecule has 2 heterocycles. The minimum Gasteiger partial charge on any atom is -0.451 e. The van der Waals surface area contributed by atoms with E-state index in [4.69, 9.17) is 4.42 Å². The van der Waals surface area contributed by atoms with Gasteiger partial charge < -0.3 is 9.73 Å². The topological polar surface area (TPSA) is 70.9 Å². The first-order valence-electron chi connectivity index (χ1n) is 5.22. The van der Waals surface area contributed by atoms with Gasteiger partial charge in [0, 0.05) is 16.1 Å². The Balaban J connectivity index is 1.94. The van der Waals surface area contributed by atoms with Gasteiger partial charge >= 0.3 is 0 Å². The highest BCUT2D eigenvalue weighted by Crippen LogP contribution is 2.27. The standard InChI is InChI=1S/C12H8BrN3O2/c13-9-2-1-3-10-8(9)4-11(18-10)12(17)16-7-5-14-15-6-7/h1-6H,(H,14,15)(H,16,17). The molecule has 0 fully saturated rings. The van der Waals surface area contributed by atoms with Crippen LogP contribution >= 0.6 is 15.9 Å². The van der Waals surface area contributed by atoms with E-state index in [1.807, 2.05) is 18.2 Å². The molecule has 2 aromatic heterocycles. The molecule has 1 amide bonds. The zero-order chi connectivity index (χ0) is 12.5. The largest absolute Gasteiger partial charge is 0.451 e. The van der Waals surface area contributed by atoms with Gasteiger partial charge in [0.2, 0.25) is 0 Å². The summed E-state index contributed by atoms with van der Waals surface area (Å²) in [7, 11) is 0. The number of aromatic nitrogens is 2. The quantitative estimate of drug-likeness (QED) is 0.764. The summed E-state index contributed by atoms with van der Waals surface area (Å²) in [4.78, 5) is 11.9. The van der Waals surface area contributed by atoms with Crippen molar-refractivity contribution in [3.05, 3.63) is 46.9 Å². The van der Waals surface area contributed by atoms with Crippen LogP contribution in [0.3, 0.4) is 0 Å². The monoisotopic (exact) mass is 305 g/mol. The Labute approximate surface area is 110 Å². The molecule has 0 saturated heterocycles. The normalized spacial score (nSPS) is 10.7. The van der Waals surface area contributed by atoms with E-state index in [-0.39, 0.29) is 11.7 Å². The molecule has 0 spiro atoms. The molecule has 5 nitrogen and oxygen atoms in total. The van der Waals surface area contributed by atoms with Crippen molar-refractivity contribution in [1.29, 1.82) is 0 Å². The number of benzene rings is 1. The van der Waals surface area contributed by atoms with Crippen LogP contribution in [0.4, 0.5) is 5.69 Å². The number of carbonyl (C=O) groups is 1. The number of furan rings is 1. The molecule has 18 heavy (non-hydrogen) atoms. The van der Waals surface area contributed by atoms with E-state index >= 15 is 0 Å². The molecule has 0 atom stereocenters. The van der Waals surface area contributed by atoms with Gasteiger partial charge in [-0.15, -0.1) is 0 Å². The minimum atomic E-state index is -0.306. The molecule has 3 aromatic rings. The Kier molecular flexibility index (Phi) is 2.64. The number of H-pyrrole nitrogens is 1. The summed E-state index contributed by atoms with van der Waals surface area (Å²) < 4.78 is 6.38. The van der Waals surface area contributed by atoms with Crippen molar-refractivity contribution < 1.29 is 9.21 Å². The molecular weight excluding hydrogens is 298 g/mol.